The van der Waals surface area contributed by atoms with Crippen molar-refractivity contribution >= 4 is 11.3 Å². The molecule has 0 aromatic carbocycles. The van der Waals surface area contributed by atoms with Crippen molar-refractivity contribution in [2.24, 2.45) is 7.05 Å². The number of nitrogens with zero attached hydrogens (tertiary/aromatic N) is 4. The number of ether oxygens (including phenoxy) is 1. The molecule has 0 spiro atoms. The maximum Gasteiger partial charge on any atom is 0.107 e. The predicted octanol–water partition coefficient (Wildman–Crippen LogP) is 2.01. The number of thiazole rings is 1. The van der Waals surface area contributed by atoms with Crippen LogP contribution < -0.4 is 0 Å². The highest BCUT2D eigenvalue weighted by molar-refractivity contribution is 7.09. The molecule has 1 aliphatic rings. The molecule has 0 aliphatic carbocycles. The van der Waals surface area contributed by atoms with Crippen molar-refractivity contribution in [2.75, 3.05) is 19.8 Å². The van der Waals surface area contributed by atoms with Crippen molar-refractivity contribution in [2.45, 2.75) is 25.9 Å². The topological polar surface area (TPSA) is 43.2 Å². The van der Waals surface area contributed by atoms with Crippen LogP contribution in [0.4, 0.5) is 0 Å². The van der Waals surface area contributed by atoms with Gasteiger partial charge < -0.3 is 9.30 Å². The Morgan fingerprint density at radius 3 is 3.10 bits per heavy atom. The summed E-state index contributed by atoms with van der Waals surface area (Å²) >= 11 is 1.71. The molecule has 0 fully saturated rings. The molecule has 1 atom stereocenters. The van der Waals surface area contributed by atoms with Crippen molar-refractivity contribution in [3.63, 3.8) is 0 Å². The van der Waals surface area contributed by atoms with Gasteiger partial charge in [-0.2, -0.15) is 0 Å². The molecule has 0 N–H and O–H groups in total. The van der Waals surface area contributed by atoms with E-state index in [0.29, 0.717) is 5.92 Å². The summed E-state index contributed by atoms with van der Waals surface area (Å²) in [5.41, 5.74) is 2.51. The predicted molar refractivity (Wildman–Crippen MR) is 78.7 cm³/mol. The van der Waals surface area contributed by atoms with E-state index in [1.165, 1.54) is 16.4 Å². The molecular weight excluding hydrogens is 272 g/mol. The molecule has 20 heavy (non-hydrogen) atoms. The molecule has 2 aromatic heterocycles. The summed E-state index contributed by atoms with van der Waals surface area (Å²) in [6.07, 6.45) is 3.78. The van der Waals surface area contributed by atoms with Crippen LogP contribution in [0.15, 0.2) is 17.9 Å². The summed E-state index contributed by atoms with van der Waals surface area (Å²) < 4.78 is 7.80. The first kappa shape index (κ1) is 13.7. The lowest BCUT2D eigenvalue weighted by atomic mass is 9.99. The quantitative estimate of drug-likeness (QED) is 0.845. The molecule has 6 heteroatoms. The fraction of sp³-hybridized carbons (Fsp3) is 0.571. The number of hydrogen-bond donors (Lipinski definition) is 0. The van der Waals surface area contributed by atoms with Crippen molar-refractivity contribution < 1.29 is 4.74 Å². The van der Waals surface area contributed by atoms with E-state index < -0.39 is 0 Å². The van der Waals surface area contributed by atoms with E-state index in [4.69, 9.17) is 4.74 Å². The SMILES string of the molecule is CCOCC1CN(Cc2nccs2)Cc2ncn(C)c21. The molecule has 0 radical (unpaired) electrons. The molecule has 0 saturated carbocycles. The molecule has 2 aromatic rings. The van der Waals surface area contributed by atoms with Gasteiger partial charge in [0.15, 0.2) is 0 Å². The first-order valence-electron chi connectivity index (χ1n) is 6.96. The Balaban J connectivity index is 1.77. The molecule has 1 aliphatic heterocycles. The number of aromatic nitrogens is 3. The second-order valence-electron chi connectivity index (χ2n) is 5.14. The van der Waals surface area contributed by atoms with Crippen molar-refractivity contribution in [1.29, 1.82) is 0 Å². The van der Waals surface area contributed by atoms with Gasteiger partial charge in [-0.1, -0.05) is 0 Å². The Hall–Kier alpha value is -1.24. The van der Waals surface area contributed by atoms with Crippen LogP contribution in [0.5, 0.6) is 0 Å². The molecule has 1 unspecified atom stereocenters. The standard InChI is InChI=1S/C14H20N4OS/c1-3-19-9-11-6-18(8-13-15-4-5-20-13)7-12-14(11)17(2)10-16-12/h4-5,10-11H,3,6-9H2,1-2H3. The van der Waals surface area contributed by atoms with Gasteiger partial charge in [-0.25, -0.2) is 9.97 Å². The number of aryl methyl sites for hydroxylation is 1. The normalized spacial score (nSPS) is 19.2. The summed E-state index contributed by atoms with van der Waals surface area (Å²) in [6, 6.07) is 0. The Morgan fingerprint density at radius 1 is 1.45 bits per heavy atom. The first-order chi connectivity index (χ1) is 9.78. The minimum Gasteiger partial charge on any atom is -0.381 e. The van der Waals surface area contributed by atoms with Gasteiger partial charge in [-0.05, 0) is 6.92 Å². The van der Waals surface area contributed by atoms with E-state index in [0.717, 1.165) is 32.8 Å². The van der Waals surface area contributed by atoms with Gasteiger partial charge in [0.05, 0.1) is 25.2 Å². The fourth-order valence-corrected chi connectivity index (χ4v) is 3.50. The van der Waals surface area contributed by atoms with Gasteiger partial charge in [-0.3, -0.25) is 4.90 Å². The molecule has 3 rings (SSSR count). The minimum atomic E-state index is 0.395. The largest absolute Gasteiger partial charge is 0.381 e. The Bertz CT molecular complexity index is 552. The molecule has 0 amide bonds. The number of fused-ring (bicyclic) bond motifs is 1. The second-order valence-corrected chi connectivity index (χ2v) is 6.12. The van der Waals surface area contributed by atoms with Crippen molar-refractivity contribution in [3.8, 4) is 0 Å². The van der Waals surface area contributed by atoms with E-state index in [-0.39, 0.29) is 0 Å². The number of hydrogen-bond acceptors (Lipinski definition) is 5. The fourth-order valence-electron chi connectivity index (χ4n) is 2.84. The third-order valence-corrected chi connectivity index (χ3v) is 4.43. The minimum absolute atomic E-state index is 0.395. The molecule has 3 heterocycles. The lowest BCUT2D eigenvalue weighted by Crippen LogP contribution is -2.36. The van der Waals surface area contributed by atoms with E-state index >= 15 is 0 Å². The maximum atomic E-state index is 5.66. The lowest BCUT2D eigenvalue weighted by molar-refractivity contribution is 0.102. The third kappa shape index (κ3) is 2.77. The van der Waals surface area contributed by atoms with Crippen LogP contribution in [0.25, 0.3) is 0 Å². The first-order valence-corrected chi connectivity index (χ1v) is 7.84. The molecule has 5 nitrogen and oxygen atoms in total. The van der Waals surface area contributed by atoms with E-state index in [1.807, 2.05) is 24.8 Å². The van der Waals surface area contributed by atoms with Crippen LogP contribution >= 0.6 is 11.3 Å². The molecule has 0 saturated heterocycles. The van der Waals surface area contributed by atoms with Gasteiger partial charge >= 0.3 is 0 Å². The second kappa shape index (κ2) is 6.03. The van der Waals surface area contributed by atoms with Crippen molar-refractivity contribution in [3.05, 3.63) is 34.3 Å². The van der Waals surface area contributed by atoms with Gasteiger partial charge in [-0.15, -0.1) is 11.3 Å². The van der Waals surface area contributed by atoms with Gasteiger partial charge in [0.2, 0.25) is 0 Å². The maximum absolute atomic E-state index is 5.66. The highest BCUT2D eigenvalue weighted by atomic mass is 32.1. The zero-order valence-corrected chi connectivity index (χ0v) is 12.8. The third-order valence-electron chi connectivity index (χ3n) is 3.67. The summed E-state index contributed by atoms with van der Waals surface area (Å²) in [5.74, 6) is 0.395. The van der Waals surface area contributed by atoms with E-state index in [9.17, 15) is 0 Å². The summed E-state index contributed by atoms with van der Waals surface area (Å²) in [5, 5.41) is 3.20. The highest BCUT2D eigenvalue weighted by Crippen LogP contribution is 2.28. The van der Waals surface area contributed by atoms with Crippen LogP contribution in [-0.4, -0.2) is 39.2 Å². The summed E-state index contributed by atoms with van der Waals surface area (Å²) in [6.45, 7) is 6.37. The zero-order chi connectivity index (χ0) is 13.9. The summed E-state index contributed by atoms with van der Waals surface area (Å²) in [7, 11) is 2.07. The Labute approximate surface area is 123 Å². The summed E-state index contributed by atoms with van der Waals surface area (Å²) in [4.78, 5) is 11.3. The van der Waals surface area contributed by atoms with Crippen LogP contribution in [0.1, 0.15) is 29.2 Å². The molecule has 0 bridgehead atoms. The van der Waals surface area contributed by atoms with E-state index in [1.54, 1.807) is 11.3 Å². The van der Waals surface area contributed by atoms with Crippen LogP contribution in [0, 0.1) is 0 Å². The lowest BCUT2D eigenvalue weighted by Gasteiger charge is -2.32. The van der Waals surface area contributed by atoms with Gasteiger partial charge in [0.25, 0.3) is 0 Å². The molecule has 108 valence electrons. The average molecular weight is 292 g/mol. The number of rotatable bonds is 5. The zero-order valence-electron chi connectivity index (χ0n) is 12.0. The monoisotopic (exact) mass is 292 g/mol. The van der Waals surface area contributed by atoms with E-state index in [2.05, 4.69) is 26.5 Å². The highest BCUT2D eigenvalue weighted by Gasteiger charge is 2.29. The van der Waals surface area contributed by atoms with Crippen molar-refractivity contribution in [1.82, 2.24) is 19.4 Å². The van der Waals surface area contributed by atoms with Crippen LogP contribution in [0.3, 0.4) is 0 Å². The molecular formula is C14H20N4OS. The Kier molecular flexibility index (Phi) is 4.14. The van der Waals surface area contributed by atoms with Crippen LogP contribution in [0.2, 0.25) is 0 Å². The average Bonchev–Trinajstić information content (AvgIpc) is 3.07. The number of imidazole rings is 1. The van der Waals surface area contributed by atoms with Gasteiger partial charge in [0.1, 0.15) is 5.01 Å². The van der Waals surface area contributed by atoms with Gasteiger partial charge in [0, 0.05) is 49.9 Å². The Morgan fingerprint density at radius 2 is 2.35 bits per heavy atom. The smallest absolute Gasteiger partial charge is 0.107 e. The van der Waals surface area contributed by atoms with Crippen LogP contribution in [-0.2, 0) is 24.9 Å².